The molecule has 1 fully saturated rings. The zero-order valence-electron chi connectivity index (χ0n) is 11.1. The number of hydrogen-bond donors (Lipinski definition) is 1. The number of fused-ring (bicyclic) bond motifs is 3. The monoisotopic (exact) mass is 279 g/mol. The first-order valence-corrected chi connectivity index (χ1v) is 7.10. The van der Waals surface area contributed by atoms with Crippen molar-refractivity contribution in [3.05, 3.63) is 34.3 Å². The van der Waals surface area contributed by atoms with E-state index in [9.17, 15) is 5.11 Å². The molecule has 3 rings (SSSR count). The fourth-order valence-corrected chi connectivity index (χ4v) is 3.23. The van der Waals surface area contributed by atoms with Crippen LogP contribution in [0.25, 0.3) is 0 Å². The summed E-state index contributed by atoms with van der Waals surface area (Å²) >= 11 is 6.30. The molecule has 0 amide bonds. The summed E-state index contributed by atoms with van der Waals surface area (Å²) in [5, 5.41) is 10.9. The highest BCUT2D eigenvalue weighted by Gasteiger charge is 2.36. The van der Waals surface area contributed by atoms with Gasteiger partial charge in [0.05, 0.1) is 12.7 Å². The molecule has 0 bridgehead atoms. The molecule has 3 unspecified atom stereocenters. The highest BCUT2D eigenvalue weighted by Crippen LogP contribution is 2.41. The second kappa shape index (κ2) is 4.89. The molecule has 19 heavy (non-hydrogen) atoms. The normalized spacial score (nSPS) is 29.7. The number of aliphatic imine (C=N–C) groups is 1. The molecule has 0 radical (unpaired) electrons. The van der Waals surface area contributed by atoms with Crippen molar-refractivity contribution in [1.29, 1.82) is 0 Å². The second-order valence-corrected chi connectivity index (χ2v) is 6.02. The summed E-state index contributed by atoms with van der Waals surface area (Å²) in [6.45, 7) is 4.89. The van der Waals surface area contributed by atoms with E-state index in [2.05, 4.69) is 18.8 Å². The fourth-order valence-electron chi connectivity index (χ4n) is 2.92. The highest BCUT2D eigenvalue weighted by molar-refractivity contribution is 6.32. The molecular weight excluding hydrogens is 262 g/mol. The summed E-state index contributed by atoms with van der Waals surface area (Å²) in [5.41, 5.74) is 2.83. The van der Waals surface area contributed by atoms with Crippen molar-refractivity contribution >= 4 is 17.3 Å². The van der Waals surface area contributed by atoms with Crippen molar-refractivity contribution in [2.45, 2.75) is 38.5 Å². The third kappa shape index (κ3) is 2.20. The molecule has 3 nitrogen and oxygen atoms in total. The van der Waals surface area contributed by atoms with Crippen molar-refractivity contribution < 1.29 is 9.84 Å². The molecule has 1 N–H and O–H groups in total. The number of ether oxygens (including phenoxy) is 1. The quantitative estimate of drug-likeness (QED) is 0.857. The van der Waals surface area contributed by atoms with E-state index in [4.69, 9.17) is 16.3 Å². The van der Waals surface area contributed by atoms with Crippen molar-refractivity contribution in [1.82, 2.24) is 0 Å². The van der Waals surface area contributed by atoms with Gasteiger partial charge in [-0.05, 0) is 17.5 Å². The zero-order chi connectivity index (χ0) is 13.6. The molecule has 3 atom stereocenters. The molecule has 0 spiro atoms. The summed E-state index contributed by atoms with van der Waals surface area (Å²) in [6.07, 6.45) is 0.182. The van der Waals surface area contributed by atoms with Gasteiger partial charge in [0, 0.05) is 28.6 Å². The maximum atomic E-state index is 10.2. The molecule has 102 valence electrons. The van der Waals surface area contributed by atoms with Gasteiger partial charge in [0.15, 0.2) is 6.23 Å². The minimum atomic E-state index is -0.786. The van der Waals surface area contributed by atoms with Crippen molar-refractivity contribution in [3.63, 3.8) is 0 Å². The lowest BCUT2D eigenvalue weighted by Gasteiger charge is -2.37. The molecule has 1 saturated heterocycles. The lowest BCUT2D eigenvalue weighted by molar-refractivity contribution is 0.0103. The number of aliphatic hydroxyl groups is 1. The Balaban J connectivity index is 1.99. The number of rotatable bonds is 1. The molecule has 0 aliphatic carbocycles. The Hall–Kier alpha value is -0.900. The molecule has 2 heterocycles. The summed E-state index contributed by atoms with van der Waals surface area (Å²) < 4.78 is 5.93. The molecule has 1 aromatic rings. The van der Waals surface area contributed by atoms with E-state index < -0.39 is 6.23 Å². The molecule has 0 aromatic heterocycles. The van der Waals surface area contributed by atoms with E-state index in [0.29, 0.717) is 17.5 Å². The molecule has 1 aromatic carbocycles. The average molecular weight is 280 g/mol. The van der Waals surface area contributed by atoms with Gasteiger partial charge in [-0.2, -0.15) is 0 Å². The van der Waals surface area contributed by atoms with Crippen molar-refractivity contribution in [2.24, 2.45) is 10.9 Å². The van der Waals surface area contributed by atoms with Gasteiger partial charge in [-0.15, -0.1) is 0 Å². The Kier molecular flexibility index (Phi) is 3.37. The fraction of sp³-hybridized carbons (Fsp3) is 0.533. The van der Waals surface area contributed by atoms with Crippen LogP contribution in [0.3, 0.4) is 0 Å². The van der Waals surface area contributed by atoms with Gasteiger partial charge in [0.2, 0.25) is 0 Å². The van der Waals surface area contributed by atoms with Gasteiger partial charge in [0.25, 0.3) is 0 Å². The summed E-state index contributed by atoms with van der Waals surface area (Å²) in [7, 11) is 0. The first kappa shape index (κ1) is 13.1. The number of halogens is 1. The van der Waals surface area contributed by atoms with Gasteiger partial charge < -0.3 is 9.84 Å². The Morgan fingerprint density at radius 3 is 2.95 bits per heavy atom. The van der Waals surface area contributed by atoms with E-state index in [0.717, 1.165) is 23.3 Å². The Morgan fingerprint density at radius 1 is 1.42 bits per heavy atom. The van der Waals surface area contributed by atoms with Crippen LogP contribution in [0.4, 0.5) is 0 Å². The van der Waals surface area contributed by atoms with Crippen LogP contribution in [-0.4, -0.2) is 23.5 Å². The van der Waals surface area contributed by atoms with E-state index in [1.807, 2.05) is 18.2 Å². The molecule has 2 aliphatic rings. The van der Waals surface area contributed by atoms with E-state index in [1.54, 1.807) is 0 Å². The van der Waals surface area contributed by atoms with Crippen molar-refractivity contribution in [2.75, 3.05) is 6.61 Å². The smallest absolute Gasteiger partial charge is 0.171 e. The Bertz CT molecular complexity index is 527. The average Bonchev–Trinajstić information content (AvgIpc) is 2.38. The number of nitrogens with zero attached hydrogens (tertiary/aromatic N) is 1. The van der Waals surface area contributed by atoms with Crippen LogP contribution in [0.5, 0.6) is 0 Å². The van der Waals surface area contributed by atoms with Gasteiger partial charge in [-0.1, -0.05) is 37.6 Å². The Morgan fingerprint density at radius 2 is 2.21 bits per heavy atom. The Labute approximate surface area is 118 Å². The van der Waals surface area contributed by atoms with Gasteiger partial charge >= 0.3 is 0 Å². The van der Waals surface area contributed by atoms with Crippen LogP contribution in [0, 0.1) is 5.92 Å². The predicted octanol–water partition coefficient (Wildman–Crippen LogP) is 3.31. The standard InChI is InChI=1S/C15H18ClNO2/c1-8(2)13-6-12-10(7-19-13)14-9(15(18)17-12)4-3-5-11(14)16/h3-5,8,10,13,15,18H,6-7H2,1-2H3. The summed E-state index contributed by atoms with van der Waals surface area (Å²) in [5.74, 6) is 0.551. The zero-order valence-corrected chi connectivity index (χ0v) is 11.9. The largest absolute Gasteiger partial charge is 0.377 e. The third-order valence-electron chi connectivity index (χ3n) is 4.03. The van der Waals surface area contributed by atoms with Gasteiger partial charge in [0.1, 0.15) is 0 Å². The second-order valence-electron chi connectivity index (χ2n) is 5.61. The van der Waals surface area contributed by atoms with Crippen LogP contribution in [-0.2, 0) is 4.74 Å². The lowest BCUT2D eigenvalue weighted by Crippen LogP contribution is -2.38. The van der Waals surface area contributed by atoms with E-state index >= 15 is 0 Å². The van der Waals surface area contributed by atoms with E-state index in [1.165, 1.54) is 0 Å². The van der Waals surface area contributed by atoms with Gasteiger partial charge in [-0.3, -0.25) is 4.99 Å². The first-order chi connectivity index (χ1) is 9.08. The van der Waals surface area contributed by atoms with Gasteiger partial charge in [-0.25, -0.2) is 0 Å². The molecule has 4 heteroatoms. The maximum absolute atomic E-state index is 10.2. The number of aliphatic hydroxyl groups excluding tert-OH is 1. The minimum Gasteiger partial charge on any atom is -0.377 e. The summed E-state index contributed by atoms with van der Waals surface area (Å²) in [4.78, 5) is 4.45. The number of benzene rings is 1. The lowest BCUT2D eigenvalue weighted by atomic mass is 9.82. The van der Waals surface area contributed by atoms with Crippen LogP contribution in [0.15, 0.2) is 23.2 Å². The maximum Gasteiger partial charge on any atom is 0.171 e. The van der Waals surface area contributed by atoms with Crippen LogP contribution >= 0.6 is 11.6 Å². The van der Waals surface area contributed by atoms with Crippen LogP contribution in [0.1, 0.15) is 43.5 Å². The molecular formula is C15H18ClNO2. The third-order valence-corrected chi connectivity index (χ3v) is 4.36. The number of hydrogen-bond acceptors (Lipinski definition) is 3. The SMILES string of the molecule is CC(C)C1CC2=NC(O)c3cccc(Cl)c3C2CO1. The van der Waals surface area contributed by atoms with Crippen molar-refractivity contribution in [3.8, 4) is 0 Å². The first-order valence-electron chi connectivity index (χ1n) is 6.72. The highest BCUT2D eigenvalue weighted by atomic mass is 35.5. The van der Waals surface area contributed by atoms with Crippen LogP contribution < -0.4 is 0 Å². The minimum absolute atomic E-state index is 0.0992. The topological polar surface area (TPSA) is 41.8 Å². The van der Waals surface area contributed by atoms with E-state index in [-0.39, 0.29) is 12.0 Å². The van der Waals surface area contributed by atoms with Crippen LogP contribution in [0.2, 0.25) is 5.02 Å². The molecule has 0 saturated carbocycles. The molecule has 2 aliphatic heterocycles. The summed E-state index contributed by atoms with van der Waals surface area (Å²) in [6, 6.07) is 5.61. The predicted molar refractivity (Wildman–Crippen MR) is 75.8 cm³/mol.